The van der Waals surface area contributed by atoms with E-state index < -0.39 is 0 Å². The summed E-state index contributed by atoms with van der Waals surface area (Å²) in [5, 5.41) is 0. The summed E-state index contributed by atoms with van der Waals surface area (Å²) >= 11 is 0. The Morgan fingerprint density at radius 3 is 2.07 bits per heavy atom. The molecule has 0 aromatic heterocycles. The molecule has 3 N–H and O–H groups in total. The number of hydrogen-bond donors (Lipinski definition) is 1. The summed E-state index contributed by atoms with van der Waals surface area (Å²) in [5.74, 6) is 0.248. The number of nitrogens with zero attached hydrogens (tertiary/aromatic N) is 2. The van der Waals surface area contributed by atoms with Gasteiger partial charge >= 0.3 is 0 Å². The molecule has 0 spiro atoms. The zero-order valence-electron chi connectivity index (χ0n) is 8.66. The van der Waals surface area contributed by atoms with Gasteiger partial charge in [-0.15, -0.1) is 0 Å². The van der Waals surface area contributed by atoms with Crippen molar-refractivity contribution in [3.05, 3.63) is 0 Å². The highest BCUT2D eigenvalue weighted by atomic mass is 16.2. The van der Waals surface area contributed by atoms with E-state index in [0.29, 0.717) is 39.1 Å². The summed E-state index contributed by atoms with van der Waals surface area (Å²) in [5.41, 5.74) is 3.65. The van der Waals surface area contributed by atoms with Gasteiger partial charge in [0.25, 0.3) is 0 Å². The average Bonchev–Trinajstić information content (AvgIpc) is 2.18. The van der Waals surface area contributed by atoms with Crippen molar-refractivity contribution in [3.63, 3.8) is 0 Å². The lowest BCUT2D eigenvalue weighted by molar-refractivity contribution is -0.366. The third-order valence-electron chi connectivity index (χ3n) is 2.47. The van der Waals surface area contributed by atoms with Crippen LogP contribution >= 0.6 is 0 Å². The lowest BCUT2D eigenvalue weighted by Crippen LogP contribution is -2.54. The summed E-state index contributed by atoms with van der Waals surface area (Å²) < 4.78 is 0. The van der Waals surface area contributed by atoms with Gasteiger partial charge in [-0.2, -0.15) is 0 Å². The van der Waals surface area contributed by atoms with E-state index in [1.807, 2.05) is 4.90 Å². The van der Waals surface area contributed by atoms with E-state index in [1.165, 1.54) is 0 Å². The molecular formula is C9H18N3O2+. The Morgan fingerprint density at radius 2 is 1.64 bits per heavy atom. The second-order valence-electron chi connectivity index (χ2n) is 3.49. The van der Waals surface area contributed by atoms with Crippen LogP contribution in [0.5, 0.6) is 0 Å². The topological polar surface area (TPSA) is 68.3 Å². The predicted molar refractivity (Wildman–Crippen MR) is 51.2 cm³/mol. The zero-order valence-corrected chi connectivity index (χ0v) is 8.66. The summed E-state index contributed by atoms with van der Waals surface area (Å²) in [4.78, 5) is 26.1. The van der Waals surface area contributed by atoms with Crippen molar-refractivity contribution in [3.8, 4) is 0 Å². The normalized spacial score (nSPS) is 17.0. The predicted octanol–water partition coefficient (Wildman–Crippen LogP) is -1.69. The van der Waals surface area contributed by atoms with Gasteiger partial charge in [-0.1, -0.05) is 0 Å². The van der Waals surface area contributed by atoms with Crippen molar-refractivity contribution in [1.82, 2.24) is 9.80 Å². The van der Waals surface area contributed by atoms with E-state index in [0.717, 1.165) is 0 Å². The van der Waals surface area contributed by atoms with Crippen LogP contribution in [0.3, 0.4) is 0 Å². The Labute approximate surface area is 83.8 Å². The van der Waals surface area contributed by atoms with Crippen molar-refractivity contribution in [1.29, 1.82) is 0 Å². The first kappa shape index (κ1) is 11.0. The van der Waals surface area contributed by atoms with Crippen LogP contribution in [0.25, 0.3) is 0 Å². The first-order chi connectivity index (χ1) is 6.65. The highest BCUT2D eigenvalue weighted by Gasteiger charge is 2.21. The summed E-state index contributed by atoms with van der Waals surface area (Å²) in [6.07, 6.45) is 0.514. The Morgan fingerprint density at radius 1 is 1.14 bits per heavy atom. The second kappa shape index (κ2) is 4.95. The SMILES string of the molecule is CC(=O)N1CCN(C(=O)CC[NH3+])CC1. The fraction of sp³-hybridized carbons (Fsp3) is 0.778. The molecule has 1 aliphatic rings. The largest absolute Gasteiger partial charge is 0.357 e. The number of amides is 2. The molecule has 1 saturated heterocycles. The Balaban J connectivity index is 2.35. The fourth-order valence-corrected chi connectivity index (χ4v) is 1.58. The van der Waals surface area contributed by atoms with Gasteiger partial charge in [0.2, 0.25) is 11.8 Å². The van der Waals surface area contributed by atoms with Crippen LogP contribution in [0.4, 0.5) is 0 Å². The van der Waals surface area contributed by atoms with Gasteiger partial charge in [0, 0.05) is 33.1 Å². The van der Waals surface area contributed by atoms with E-state index in [9.17, 15) is 9.59 Å². The van der Waals surface area contributed by atoms with Crippen LogP contribution in [-0.4, -0.2) is 54.3 Å². The lowest BCUT2D eigenvalue weighted by atomic mass is 10.3. The van der Waals surface area contributed by atoms with E-state index in [-0.39, 0.29) is 11.8 Å². The van der Waals surface area contributed by atoms with Crippen LogP contribution in [0.15, 0.2) is 0 Å². The van der Waals surface area contributed by atoms with E-state index in [1.54, 1.807) is 11.8 Å². The van der Waals surface area contributed by atoms with Gasteiger partial charge in [0.15, 0.2) is 0 Å². The molecule has 14 heavy (non-hydrogen) atoms. The second-order valence-corrected chi connectivity index (χ2v) is 3.49. The zero-order chi connectivity index (χ0) is 10.6. The number of carbonyl (C=O) groups excluding carboxylic acids is 2. The number of hydrogen-bond acceptors (Lipinski definition) is 2. The number of piperazine rings is 1. The van der Waals surface area contributed by atoms with Gasteiger partial charge < -0.3 is 15.5 Å². The van der Waals surface area contributed by atoms with Gasteiger partial charge in [-0.25, -0.2) is 0 Å². The van der Waals surface area contributed by atoms with Crippen LogP contribution in [0.2, 0.25) is 0 Å². The first-order valence-corrected chi connectivity index (χ1v) is 4.97. The molecule has 0 atom stereocenters. The molecule has 0 aromatic carbocycles. The standard InChI is InChI=1S/C9H17N3O2/c1-8(13)11-4-6-12(7-5-11)9(14)2-3-10/h2-7,10H2,1H3/p+1. The maximum absolute atomic E-state index is 11.5. The quantitative estimate of drug-likeness (QED) is 0.578. The molecule has 0 aromatic rings. The van der Waals surface area contributed by atoms with Crippen LogP contribution < -0.4 is 5.73 Å². The molecule has 1 heterocycles. The maximum atomic E-state index is 11.5. The van der Waals surface area contributed by atoms with Gasteiger partial charge in [0.05, 0.1) is 13.0 Å². The van der Waals surface area contributed by atoms with Crippen molar-refractivity contribution in [2.24, 2.45) is 0 Å². The Bertz CT molecular complexity index is 222. The molecule has 1 rings (SSSR count). The van der Waals surface area contributed by atoms with Crippen molar-refractivity contribution in [2.75, 3.05) is 32.7 Å². The number of quaternary nitrogens is 1. The third-order valence-corrected chi connectivity index (χ3v) is 2.47. The molecule has 5 nitrogen and oxygen atoms in total. The highest BCUT2D eigenvalue weighted by molar-refractivity contribution is 5.77. The highest BCUT2D eigenvalue weighted by Crippen LogP contribution is 2.03. The molecule has 2 amide bonds. The molecule has 80 valence electrons. The van der Waals surface area contributed by atoms with E-state index in [4.69, 9.17) is 0 Å². The minimum absolute atomic E-state index is 0.0919. The number of carbonyl (C=O) groups is 2. The third kappa shape index (κ3) is 2.70. The molecule has 5 heteroatoms. The minimum Gasteiger partial charge on any atom is -0.357 e. The molecule has 0 aliphatic carbocycles. The maximum Gasteiger partial charge on any atom is 0.228 e. The molecule has 1 fully saturated rings. The van der Waals surface area contributed by atoms with Gasteiger partial charge in [-0.05, 0) is 0 Å². The van der Waals surface area contributed by atoms with Crippen LogP contribution in [-0.2, 0) is 9.59 Å². The van der Waals surface area contributed by atoms with Gasteiger partial charge in [0.1, 0.15) is 0 Å². The Kier molecular flexibility index (Phi) is 3.88. The van der Waals surface area contributed by atoms with E-state index in [2.05, 4.69) is 5.73 Å². The lowest BCUT2D eigenvalue weighted by Gasteiger charge is -2.34. The summed E-state index contributed by atoms with van der Waals surface area (Å²) in [6.45, 7) is 4.87. The Hall–Kier alpha value is -1.10. The van der Waals surface area contributed by atoms with Crippen molar-refractivity contribution < 1.29 is 15.3 Å². The molecule has 0 saturated carbocycles. The molecule has 0 unspecified atom stereocenters. The summed E-state index contributed by atoms with van der Waals surface area (Å²) in [7, 11) is 0. The molecule has 1 aliphatic heterocycles. The molecular weight excluding hydrogens is 182 g/mol. The van der Waals surface area contributed by atoms with Crippen LogP contribution in [0, 0.1) is 0 Å². The number of rotatable bonds is 2. The van der Waals surface area contributed by atoms with Gasteiger partial charge in [-0.3, -0.25) is 9.59 Å². The summed E-state index contributed by atoms with van der Waals surface area (Å²) in [6, 6.07) is 0. The van der Waals surface area contributed by atoms with Crippen LogP contribution in [0.1, 0.15) is 13.3 Å². The average molecular weight is 200 g/mol. The molecule has 0 bridgehead atoms. The smallest absolute Gasteiger partial charge is 0.228 e. The first-order valence-electron chi connectivity index (χ1n) is 4.97. The molecule has 0 radical (unpaired) electrons. The monoisotopic (exact) mass is 200 g/mol. The van der Waals surface area contributed by atoms with Crippen molar-refractivity contribution in [2.45, 2.75) is 13.3 Å². The van der Waals surface area contributed by atoms with E-state index >= 15 is 0 Å². The minimum atomic E-state index is 0.0919. The van der Waals surface area contributed by atoms with Crippen molar-refractivity contribution >= 4 is 11.8 Å². The fourth-order valence-electron chi connectivity index (χ4n) is 1.58.